The van der Waals surface area contributed by atoms with Crippen molar-refractivity contribution in [2.75, 3.05) is 0 Å². The van der Waals surface area contributed by atoms with Crippen LogP contribution in [-0.2, 0) is 14.8 Å². The van der Waals surface area contributed by atoms with Gasteiger partial charge in [0.05, 0.1) is 4.90 Å². The molecule has 2 aliphatic carbocycles. The molecule has 2 bridgehead atoms. The van der Waals surface area contributed by atoms with Crippen molar-refractivity contribution in [2.45, 2.75) is 55.9 Å². The van der Waals surface area contributed by atoms with Crippen molar-refractivity contribution < 1.29 is 18.4 Å². The third-order valence-corrected chi connectivity index (χ3v) is 7.38. The van der Waals surface area contributed by atoms with Gasteiger partial charge in [-0.15, -0.1) is 0 Å². The van der Waals surface area contributed by atoms with Gasteiger partial charge in [0.2, 0.25) is 15.9 Å². The molecule has 1 aromatic carbocycles. The molecule has 2 fully saturated rings. The lowest BCUT2D eigenvalue weighted by molar-refractivity contribution is -0.129. The Morgan fingerprint density at radius 2 is 1.89 bits per heavy atom. The summed E-state index contributed by atoms with van der Waals surface area (Å²) in [7, 11) is -3.49. The SMILES string of the molecule is O=C(CCC/C=C\C[C@H]1[C@@H]2CC[C@@H](C2)[C@@H]1NS(=O)(=O)c1ccccc1)NO. The fourth-order valence-corrected chi connectivity index (χ4v) is 5.96. The number of nitrogens with one attached hydrogen (secondary N) is 2. The topological polar surface area (TPSA) is 95.5 Å². The fraction of sp³-hybridized carbons (Fsp3) is 0.550. The number of benzene rings is 1. The highest BCUT2D eigenvalue weighted by molar-refractivity contribution is 7.89. The molecule has 2 saturated carbocycles. The minimum absolute atomic E-state index is 0.00114. The first-order chi connectivity index (χ1) is 13.0. The molecule has 0 saturated heterocycles. The van der Waals surface area contributed by atoms with E-state index < -0.39 is 10.0 Å². The molecule has 1 aromatic rings. The second-order valence-corrected chi connectivity index (χ2v) is 9.31. The van der Waals surface area contributed by atoms with Crippen LogP contribution in [0.4, 0.5) is 0 Å². The molecule has 0 heterocycles. The first kappa shape index (κ1) is 20.0. The monoisotopic (exact) mass is 392 g/mol. The third kappa shape index (κ3) is 4.97. The number of hydrogen-bond acceptors (Lipinski definition) is 4. The van der Waals surface area contributed by atoms with Gasteiger partial charge in [-0.3, -0.25) is 10.0 Å². The number of carbonyl (C=O) groups is 1. The molecule has 3 N–H and O–H groups in total. The van der Waals surface area contributed by atoms with Crippen molar-refractivity contribution in [1.82, 2.24) is 10.2 Å². The molecular formula is C20H28N2O4S. The van der Waals surface area contributed by atoms with Gasteiger partial charge >= 0.3 is 0 Å². The standard InChI is InChI=1S/C20H28N2O4S/c23-19(21-24)11-7-2-1-6-10-18-15-12-13-16(14-15)20(18)22-27(25,26)17-8-4-3-5-9-17/h1,3-6,8-9,15-16,18,20,22,24H,2,7,10-14H2,(H,21,23)/b6-1-/t15-,16+,18+,20+/m1/s1. The Morgan fingerprint density at radius 1 is 1.15 bits per heavy atom. The molecule has 1 amide bonds. The summed E-state index contributed by atoms with van der Waals surface area (Å²) in [6.45, 7) is 0. The van der Waals surface area contributed by atoms with Crippen molar-refractivity contribution in [3.63, 3.8) is 0 Å². The molecule has 2 aliphatic rings. The number of rotatable bonds is 9. The van der Waals surface area contributed by atoms with Gasteiger partial charge in [0.15, 0.2) is 0 Å². The summed E-state index contributed by atoms with van der Waals surface area (Å²) in [4.78, 5) is 11.3. The summed E-state index contributed by atoms with van der Waals surface area (Å²) in [6, 6.07) is 8.56. The molecule has 27 heavy (non-hydrogen) atoms. The average Bonchev–Trinajstić information content (AvgIpc) is 3.27. The summed E-state index contributed by atoms with van der Waals surface area (Å²) in [6.07, 6.45) is 10.2. The van der Waals surface area contributed by atoms with Gasteiger partial charge in [0, 0.05) is 12.5 Å². The van der Waals surface area contributed by atoms with Crippen LogP contribution in [0.15, 0.2) is 47.4 Å². The zero-order valence-electron chi connectivity index (χ0n) is 15.4. The van der Waals surface area contributed by atoms with Crippen LogP contribution in [-0.4, -0.2) is 25.6 Å². The van der Waals surface area contributed by atoms with E-state index in [9.17, 15) is 13.2 Å². The smallest absolute Gasteiger partial charge is 0.243 e. The van der Waals surface area contributed by atoms with Gasteiger partial charge in [-0.25, -0.2) is 18.6 Å². The Bertz CT molecular complexity index is 763. The Morgan fingerprint density at radius 3 is 2.63 bits per heavy atom. The fourth-order valence-electron chi connectivity index (χ4n) is 4.59. The largest absolute Gasteiger partial charge is 0.289 e. The Labute approximate surface area is 161 Å². The Hall–Kier alpha value is -1.70. The highest BCUT2D eigenvalue weighted by Gasteiger charge is 2.48. The molecule has 148 valence electrons. The van der Waals surface area contributed by atoms with Gasteiger partial charge in [-0.05, 0) is 68.4 Å². The Balaban J connectivity index is 1.57. The molecular weight excluding hydrogens is 364 g/mol. The van der Waals surface area contributed by atoms with E-state index in [-0.39, 0.29) is 11.9 Å². The van der Waals surface area contributed by atoms with Gasteiger partial charge in [-0.2, -0.15) is 0 Å². The van der Waals surface area contributed by atoms with Crippen LogP contribution in [0, 0.1) is 17.8 Å². The van der Waals surface area contributed by atoms with E-state index in [0.29, 0.717) is 35.5 Å². The molecule has 0 spiro atoms. The third-order valence-electron chi connectivity index (χ3n) is 5.91. The van der Waals surface area contributed by atoms with Crippen molar-refractivity contribution in [3.05, 3.63) is 42.5 Å². The molecule has 0 aliphatic heterocycles. The lowest BCUT2D eigenvalue weighted by Crippen LogP contribution is -2.43. The van der Waals surface area contributed by atoms with Gasteiger partial charge < -0.3 is 0 Å². The normalized spacial score (nSPS) is 27.3. The van der Waals surface area contributed by atoms with Gasteiger partial charge in [0.1, 0.15) is 0 Å². The van der Waals surface area contributed by atoms with E-state index in [2.05, 4.69) is 16.9 Å². The average molecular weight is 393 g/mol. The highest BCUT2D eigenvalue weighted by atomic mass is 32.2. The van der Waals surface area contributed by atoms with Crippen LogP contribution in [0.1, 0.15) is 44.9 Å². The molecule has 0 radical (unpaired) electrons. The van der Waals surface area contributed by atoms with E-state index in [1.807, 2.05) is 6.07 Å². The lowest BCUT2D eigenvalue weighted by atomic mass is 9.83. The van der Waals surface area contributed by atoms with E-state index in [4.69, 9.17) is 5.21 Å². The quantitative estimate of drug-likeness (QED) is 0.261. The minimum Gasteiger partial charge on any atom is -0.289 e. The van der Waals surface area contributed by atoms with E-state index in [0.717, 1.165) is 25.7 Å². The van der Waals surface area contributed by atoms with Crippen molar-refractivity contribution in [1.29, 1.82) is 0 Å². The molecule has 7 heteroatoms. The number of hydroxylamine groups is 1. The molecule has 0 unspecified atom stereocenters. The summed E-state index contributed by atoms with van der Waals surface area (Å²) < 4.78 is 28.4. The molecule has 0 aromatic heterocycles. The van der Waals surface area contributed by atoms with Crippen molar-refractivity contribution in [3.8, 4) is 0 Å². The van der Waals surface area contributed by atoms with E-state index in [1.165, 1.54) is 6.42 Å². The maximum Gasteiger partial charge on any atom is 0.243 e. The minimum atomic E-state index is -3.49. The number of hydrogen-bond donors (Lipinski definition) is 3. The van der Waals surface area contributed by atoms with Crippen LogP contribution in [0.25, 0.3) is 0 Å². The highest BCUT2D eigenvalue weighted by Crippen LogP contribution is 2.50. The first-order valence-corrected chi connectivity index (χ1v) is 11.1. The second kappa shape index (κ2) is 8.99. The predicted molar refractivity (Wildman–Crippen MR) is 102 cm³/mol. The second-order valence-electron chi connectivity index (χ2n) is 7.59. The van der Waals surface area contributed by atoms with Crippen LogP contribution < -0.4 is 10.2 Å². The number of sulfonamides is 1. The summed E-state index contributed by atoms with van der Waals surface area (Å²) in [5.74, 6) is 0.981. The maximum absolute atomic E-state index is 12.7. The van der Waals surface area contributed by atoms with E-state index in [1.54, 1.807) is 29.7 Å². The summed E-state index contributed by atoms with van der Waals surface area (Å²) >= 11 is 0. The zero-order valence-corrected chi connectivity index (χ0v) is 16.2. The van der Waals surface area contributed by atoms with Crippen LogP contribution in [0.2, 0.25) is 0 Å². The molecule has 4 atom stereocenters. The van der Waals surface area contributed by atoms with Gasteiger partial charge in [-0.1, -0.05) is 30.4 Å². The number of fused-ring (bicyclic) bond motifs is 2. The van der Waals surface area contributed by atoms with Crippen LogP contribution in [0.3, 0.4) is 0 Å². The number of amides is 1. The summed E-state index contributed by atoms with van der Waals surface area (Å²) in [5, 5.41) is 8.47. The van der Waals surface area contributed by atoms with Crippen molar-refractivity contribution >= 4 is 15.9 Å². The van der Waals surface area contributed by atoms with Gasteiger partial charge in [0.25, 0.3) is 0 Å². The Kier molecular flexibility index (Phi) is 6.68. The van der Waals surface area contributed by atoms with Crippen LogP contribution >= 0.6 is 0 Å². The zero-order chi connectivity index (χ0) is 19.3. The number of carbonyl (C=O) groups excluding carboxylic acids is 1. The molecule has 3 rings (SSSR count). The lowest BCUT2D eigenvalue weighted by Gasteiger charge is -2.31. The molecule has 6 nitrogen and oxygen atoms in total. The van der Waals surface area contributed by atoms with Crippen LogP contribution in [0.5, 0.6) is 0 Å². The number of allylic oxidation sites excluding steroid dienone is 2. The summed E-state index contributed by atoms with van der Waals surface area (Å²) in [5.41, 5.74) is 1.63. The number of unbranched alkanes of at least 4 members (excludes halogenated alkanes) is 1. The first-order valence-electron chi connectivity index (χ1n) is 9.66. The predicted octanol–water partition coefficient (Wildman–Crippen LogP) is 3.00. The van der Waals surface area contributed by atoms with Crippen molar-refractivity contribution in [2.24, 2.45) is 17.8 Å². The maximum atomic E-state index is 12.7. The van der Waals surface area contributed by atoms with E-state index >= 15 is 0 Å².